The fraction of sp³-hybridized carbons (Fsp3) is 0.400. The summed E-state index contributed by atoms with van der Waals surface area (Å²) in [5.41, 5.74) is 0.938. The van der Waals surface area contributed by atoms with Gasteiger partial charge in [-0.05, 0) is 25.8 Å². The van der Waals surface area contributed by atoms with Crippen molar-refractivity contribution in [2.75, 3.05) is 13.1 Å². The van der Waals surface area contributed by atoms with Gasteiger partial charge in [-0.25, -0.2) is 4.98 Å². The van der Waals surface area contributed by atoms with Crippen LogP contribution < -0.4 is 5.56 Å². The molecular formula is C15H18N4O2. The molecule has 1 aliphatic heterocycles. The van der Waals surface area contributed by atoms with Crippen molar-refractivity contribution >= 4 is 5.91 Å². The van der Waals surface area contributed by atoms with Crippen molar-refractivity contribution < 1.29 is 4.79 Å². The standard InChI is InChI=1S/C15H18N4O2/c1-10-8-12(9-13(20)18-10)15(21)19-6-2-11(3-7-19)14-16-4-5-17-14/h4-5,8-9,11H,2-3,6-7H2,1H3,(H,16,17)(H,18,20). The second-order valence-electron chi connectivity index (χ2n) is 5.46. The van der Waals surface area contributed by atoms with Crippen LogP contribution in [0.15, 0.2) is 29.3 Å². The minimum absolute atomic E-state index is 0.0675. The van der Waals surface area contributed by atoms with Gasteiger partial charge in [0.15, 0.2) is 0 Å². The number of aromatic amines is 2. The van der Waals surface area contributed by atoms with Gasteiger partial charge in [-0.15, -0.1) is 0 Å². The highest BCUT2D eigenvalue weighted by molar-refractivity contribution is 5.94. The molecule has 0 spiro atoms. The van der Waals surface area contributed by atoms with Crippen LogP contribution in [0, 0.1) is 6.92 Å². The van der Waals surface area contributed by atoms with Crippen LogP contribution >= 0.6 is 0 Å². The zero-order valence-electron chi connectivity index (χ0n) is 11.9. The predicted octanol–water partition coefficient (Wildman–Crippen LogP) is 1.43. The number of carbonyl (C=O) groups excluding carboxylic acids is 1. The van der Waals surface area contributed by atoms with Crippen LogP contribution in [0.2, 0.25) is 0 Å². The summed E-state index contributed by atoms with van der Waals surface area (Å²) in [7, 11) is 0. The molecule has 1 aliphatic rings. The molecule has 1 fully saturated rings. The number of likely N-dealkylation sites (tertiary alicyclic amines) is 1. The Labute approximate surface area is 122 Å². The Hall–Kier alpha value is -2.37. The van der Waals surface area contributed by atoms with Crippen LogP contribution in [0.25, 0.3) is 0 Å². The molecule has 1 saturated heterocycles. The van der Waals surface area contributed by atoms with Crippen molar-refractivity contribution in [1.82, 2.24) is 19.9 Å². The molecule has 2 aromatic rings. The highest BCUT2D eigenvalue weighted by Crippen LogP contribution is 2.26. The molecule has 2 aromatic heterocycles. The molecule has 21 heavy (non-hydrogen) atoms. The van der Waals surface area contributed by atoms with Crippen molar-refractivity contribution in [2.45, 2.75) is 25.7 Å². The molecular weight excluding hydrogens is 268 g/mol. The molecule has 1 amide bonds. The lowest BCUT2D eigenvalue weighted by Gasteiger charge is -2.31. The molecule has 0 aliphatic carbocycles. The van der Waals surface area contributed by atoms with Crippen LogP contribution in [0.5, 0.6) is 0 Å². The van der Waals surface area contributed by atoms with E-state index in [0.717, 1.165) is 18.7 Å². The van der Waals surface area contributed by atoms with E-state index in [9.17, 15) is 9.59 Å². The van der Waals surface area contributed by atoms with Gasteiger partial charge in [-0.2, -0.15) is 0 Å². The average molecular weight is 286 g/mol. The number of amides is 1. The molecule has 6 nitrogen and oxygen atoms in total. The molecule has 0 radical (unpaired) electrons. The zero-order valence-corrected chi connectivity index (χ0v) is 11.9. The quantitative estimate of drug-likeness (QED) is 0.876. The maximum absolute atomic E-state index is 12.4. The summed E-state index contributed by atoms with van der Waals surface area (Å²) in [5.74, 6) is 1.31. The number of nitrogens with zero attached hydrogens (tertiary/aromatic N) is 2. The molecule has 2 N–H and O–H groups in total. The minimum Gasteiger partial charge on any atom is -0.348 e. The second kappa shape index (κ2) is 5.55. The van der Waals surface area contributed by atoms with E-state index in [0.29, 0.717) is 30.3 Å². The van der Waals surface area contributed by atoms with E-state index in [4.69, 9.17) is 0 Å². The summed E-state index contributed by atoms with van der Waals surface area (Å²) >= 11 is 0. The highest BCUT2D eigenvalue weighted by Gasteiger charge is 2.25. The number of hydrogen-bond donors (Lipinski definition) is 2. The first-order valence-corrected chi connectivity index (χ1v) is 7.13. The first-order valence-electron chi connectivity index (χ1n) is 7.13. The molecule has 3 heterocycles. The smallest absolute Gasteiger partial charge is 0.254 e. The zero-order chi connectivity index (χ0) is 14.8. The number of aryl methyl sites for hydroxylation is 1. The summed E-state index contributed by atoms with van der Waals surface area (Å²) < 4.78 is 0. The third-order valence-electron chi connectivity index (χ3n) is 3.91. The molecule has 0 bridgehead atoms. The number of pyridine rings is 1. The second-order valence-corrected chi connectivity index (χ2v) is 5.46. The van der Waals surface area contributed by atoms with Crippen molar-refractivity contribution in [3.63, 3.8) is 0 Å². The van der Waals surface area contributed by atoms with Gasteiger partial charge in [-0.3, -0.25) is 9.59 Å². The molecule has 3 rings (SSSR count). The van der Waals surface area contributed by atoms with Crippen LogP contribution in [0.1, 0.15) is 40.6 Å². The van der Waals surface area contributed by atoms with Crippen LogP contribution in [0.4, 0.5) is 0 Å². The Morgan fingerprint density at radius 3 is 2.71 bits per heavy atom. The van der Waals surface area contributed by atoms with Gasteiger partial charge in [0.05, 0.1) is 0 Å². The summed E-state index contributed by atoms with van der Waals surface area (Å²) in [6.45, 7) is 3.16. The Bertz CT molecular complexity index is 682. The van der Waals surface area contributed by atoms with Crippen molar-refractivity contribution in [1.29, 1.82) is 0 Å². The van der Waals surface area contributed by atoms with E-state index < -0.39 is 0 Å². The maximum atomic E-state index is 12.4. The molecule has 6 heteroatoms. The Balaban J connectivity index is 1.69. The third kappa shape index (κ3) is 2.89. The lowest BCUT2D eigenvalue weighted by atomic mass is 9.95. The third-order valence-corrected chi connectivity index (χ3v) is 3.91. The topological polar surface area (TPSA) is 81.8 Å². The SMILES string of the molecule is Cc1cc(C(=O)N2CCC(c3ncc[nH]3)CC2)cc(=O)[nH]1. The molecule has 0 aromatic carbocycles. The number of piperidine rings is 1. The van der Waals surface area contributed by atoms with Crippen molar-refractivity contribution in [2.24, 2.45) is 0 Å². The van der Waals surface area contributed by atoms with E-state index in [1.807, 2.05) is 11.1 Å². The number of hydrogen-bond acceptors (Lipinski definition) is 3. The van der Waals surface area contributed by atoms with Gasteiger partial charge in [0.2, 0.25) is 5.56 Å². The minimum atomic E-state index is -0.233. The van der Waals surface area contributed by atoms with E-state index in [-0.39, 0.29) is 11.5 Å². The first kappa shape index (κ1) is 13.6. The average Bonchev–Trinajstić information content (AvgIpc) is 3.00. The van der Waals surface area contributed by atoms with Crippen LogP contribution in [-0.4, -0.2) is 38.8 Å². The number of aromatic nitrogens is 3. The number of nitrogens with one attached hydrogen (secondary N) is 2. The van der Waals surface area contributed by atoms with Crippen LogP contribution in [0.3, 0.4) is 0 Å². The number of imidazole rings is 1. The lowest BCUT2D eigenvalue weighted by molar-refractivity contribution is 0.0711. The number of rotatable bonds is 2. The van der Waals surface area contributed by atoms with Gasteiger partial charge in [-0.1, -0.05) is 0 Å². The largest absolute Gasteiger partial charge is 0.348 e. The van der Waals surface area contributed by atoms with Gasteiger partial charge in [0, 0.05) is 48.7 Å². The molecule has 0 saturated carbocycles. The van der Waals surface area contributed by atoms with Gasteiger partial charge >= 0.3 is 0 Å². The molecule has 110 valence electrons. The van der Waals surface area contributed by atoms with Crippen LogP contribution in [-0.2, 0) is 0 Å². The van der Waals surface area contributed by atoms with Gasteiger partial charge in [0.25, 0.3) is 5.91 Å². The summed E-state index contributed by atoms with van der Waals surface area (Å²) in [6, 6.07) is 3.09. The van der Waals surface area contributed by atoms with E-state index in [1.165, 1.54) is 6.07 Å². The Morgan fingerprint density at radius 1 is 1.33 bits per heavy atom. The Morgan fingerprint density at radius 2 is 2.10 bits per heavy atom. The monoisotopic (exact) mass is 286 g/mol. The highest BCUT2D eigenvalue weighted by atomic mass is 16.2. The number of carbonyl (C=O) groups is 1. The normalized spacial score (nSPS) is 16.1. The molecule has 0 unspecified atom stereocenters. The predicted molar refractivity (Wildman–Crippen MR) is 78.3 cm³/mol. The van der Waals surface area contributed by atoms with Crippen molar-refractivity contribution in [3.05, 3.63) is 52.0 Å². The van der Waals surface area contributed by atoms with E-state index in [2.05, 4.69) is 15.0 Å². The molecule has 0 atom stereocenters. The maximum Gasteiger partial charge on any atom is 0.254 e. The Kier molecular flexibility index (Phi) is 3.60. The van der Waals surface area contributed by atoms with Gasteiger partial charge in [0.1, 0.15) is 5.82 Å². The first-order chi connectivity index (χ1) is 10.1. The van der Waals surface area contributed by atoms with E-state index in [1.54, 1.807) is 19.2 Å². The lowest BCUT2D eigenvalue weighted by Crippen LogP contribution is -2.38. The number of H-pyrrole nitrogens is 2. The van der Waals surface area contributed by atoms with E-state index >= 15 is 0 Å². The fourth-order valence-electron chi connectivity index (χ4n) is 2.85. The summed E-state index contributed by atoms with van der Waals surface area (Å²) in [5, 5.41) is 0. The van der Waals surface area contributed by atoms with Crippen molar-refractivity contribution in [3.8, 4) is 0 Å². The summed E-state index contributed by atoms with van der Waals surface area (Å²) in [4.78, 5) is 35.8. The summed E-state index contributed by atoms with van der Waals surface area (Å²) in [6.07, 6.45) is 5.36. The van der Waals surface area contributed by atoms with Gasteiger partial charge < -0.3 is 14.9 Å². The fourth-order valence-corrected chi connectivity index (χ4v) is 2.85.